The molecule has 2 rings (SSSR count). The zero-order valence-corrected chi connectivity index (χ0v) is 11.3. The fourth-order valence-electron chi connectivity index (χ4n) is 2.02. The summed E-state index contributed by atoms with van der Waals surface area (Å²) >= 11 is 0. The SMILES string of the molecule is CS(=O)(=O)NC[C@@]1(O)CCN(c2ccc(F)cn2)C1. The number of nitrogens with zero attached hydrogens (tertiary/aromatic N) is 2. The molecule has 106 valence electrons. The van der Waals surface area contributed by atoms with E-state index >= 15 is 0 Å². The van der Waals surface area contributed by atoms with Crippen LogP contribution in [0.4, 0.5) is 10.2 Å². The molecule has 0 bridgehead atoms. The van der Waals surface area contributed by atoms with Gasteiger partial charge < -0.3 is 10.0 Å². The predicted molar refractivity (Wildman–Crippen MR) is 68.8 cm³/mol. The summed E-state index contributed by atoms with van der Waals surface area (Å²) in [6.45, 7) is 0.762. The Morgan fingerprint density at radius 2 is 2.32 bits per heavy atom. The molecule has 0 spiro atoms. The van der Waals surface area contributed by atoms with E-state index < -0.39 is 21.4 Å². The van der Waals surface area contributed by atoms with Gasteiger partial charge in [-0.1, -0.05) is 0 Å². The zero-order valence-electron chi connectivity index (χ0n) is 10.5. The molecule has 1 aliphatic rings. The van der Waals surface area contributed by atoms with E-state index in [0.29, 0.717) is 18.8 Å². The quantitative estimate of drug-likeness (QED) is 0.796. The van der Waals surface area contributed by atoms with Crippen molar-refractivity contribution in [3.8, 4) is 0 Å². The van der Waals surface area contributed by atoms with Crippen molar-refractivity contribution in [1.82, 2.24) is 9.71 Å². The van der Waals surface area contributed by atoms with E-state index in [2.05, 4.69) is 9.71 Å². The van der Waals surface area contributed by atoms with Crippen molar-refractivity contribution in [3.63, 3.8) is 0 Å². The number of hydrogen-bond acceptors (Lipinski definition) is 5. The summed E-state index contributed by atoms with van der Waals surface area (Å²) in [5, 5.41) is 10.3. The molecule has 1 atom stereocenters. The molecule has 1 aliphatic heterocycles. The van der Waals surface area contributed by atoms with Gasteiger partial charge in [0.15, 0.2) is 0 Å². The third-order valence-corrected chi connectivity index (χ3v) is 3.70. The normalized spacial score (nSPS) is 23.8. The smallest absolute Gasteiger partial charge is 0.208 e. The summed E-state index contributed by atoms with van der Waals surface area (Å²) in [6, 6.07) is 2.83. The van der Waals surface area contributed by atoms with Crippen molar-refractivity contribution in [2.75, 3.05) is 30.8 Å². The van der Waals surface area contributed by atoms with Gasteiger partial charge in [-0.05, 0) is 18.6 Å². The number of nitrogens with one attached hydrogen (secondary N) is 1. The van der Waals surface area contributed by atoms with E-state index in [1.165, 1.54) is 12.1 Å². The van der Waals surface area contributed by atoms with Gasteiger partial charge in [-0.25, -0.2) is 22.5 Å². The Morgan fingerprint density at radius 3 is 2.89 bits per heavy atom. The Hall–Kier alpha value is -1.25. The molecular weight excluding hydrogens is 273 g/mol. The second-order valence-electron chi connectivity index (χ2n) is 4.82. The molecule has 0 aromatic carbocycles. The summed E-state index contributed by atoms with van der Waals surface area (Å²) in [7, 11) is -3.33. The first kappa shape index (κ1) is 14.2. The van der Waals surface area contributed by atoms with E-state index in [1.807, 2.05) is 0 Å². The molecule has 1 aromatic heterocycles. The monoisotopic (exact) mass is 289 g/mol. The van der Waals surface area contributed by atoms with Crippen molar-refractivity contribution in [2.24, 2.45) is 0 Å². The third kappa shape index (κ3) is 3.85. The number of sulfonamides is 1. The van der Waals surface area contributed by atoms with Crippen molar-refractivity contribution < 1.29 is 17.9 Å². The second-order valence-corrected chi connectivity index (χ2v) is 6.66. The molecule has 0 radical (unpaired) electrons. The van der Waals surface area contributed by atoms with Crippen molar-refractivity contribution >= 4 is 15.8 Å². The van der Waals surface area contributed by atoms with Crippen LogP contribution in [0.5, 0.6) is 0 Å². The number of halogens is 1. The first-order valence-electron chi connectivity index (χ1n) is 5.81. The van der Waals surface area contributed by atoms with Gasteiger partial charge in [-0.15, -0.1) is 0 Å². The fraction of sp³-hybridized carbons (Fsp3) is 0.545. The lowest BCUT2D eigenvalue weighted by atomic mass is 10.0. The Labute approximate surface area is 111 Å². The minimum atomic E-state index is -3.33. The maximum absolute atomic E-state index is 12.8. The van der Waals surface area contributed by atoms with Crippen LogP contribution in [0.25, 0.3) is 0 Å². The average Bonchev–Trinajstić information content (AvgIpc) is 2.71. The molecule has 1 aromatic rings. The fourth-order valence-corrected chi connectivity index (χ4v) is 2.55. The van der Waals surface area contributed by atoms with Crippen LogP contribution in [0.3, 0.4) is 0 Å². The molecule has 0 saturated carbocycles. The summed E-state index contributed by atoms with van der Waals surface area (Å²) in [4.78, 5) is 5.73. The molecular formula is C11H16FN3O3S. The average molecular weight is 289 g/mol. The number of β-amino-alcohol motifs (C(OH)–C–C–N with tert-alkyl or cyclic N) is 1. The van der Waals surface area contributed by atoms with Gasteiger partial charge in [0.05, 0.1) is 18.1 Å². The van der Waals surface area contributed by atoms with Gasteiger partial charge >= 0.3 is 0 Å². The van der Waals surface area contributed by atoms with Crippen LogP contribution >= 0.6 is 0 Å². The van der Waals surface area contributed by atoms with Crippen LogP contribution in [0.1, 0.15) is 6.42 Å². The molecule has 8 heteroatoms. The molecule has 2 N–H and O–H groups in total. The number of aliphatic hydroxyl groups is 1. The summed E-state index contributed by atoms with van der Waals surface area (Å²) in [5.74, 6) is 0.147. The Bertz CT molecular complexity index is 549. The van der Waals surface area contributed by atoms with Crippen molar-refractivity contribution in [2.45, 2.75) is 12.0 Å². The lowest BCUT2D eigenvalue weighted by Gasteiger charge is -2.23. The Morgan fingerprint density at radius 1 is 1.58 bits per heavy atom. The van der Waals surface area contributed by atoms with Gasteiger partial charge in [0.25, 0.3) is 0 Å². The molecule has 0 amide bonds. The molecule has 19 heavy (non-hydrogen) atoms. The van der Waals surface area contributed by atoms with Gasteiger partial charge in [0, 0.05) is 19.6 Å². The van der Waals surface area contributed by atoms with E-state index in [9.17, 15) is 17.9 Å². The highest BCUT2D eigenvalue weighted by Crippen LogP contribution is 2.25. The zero-order chi connectivity index (χ0) is 14.1. The number of hydrogen-bond donors (Lipinski definition) is 2. The van der Waals surface area contributed by atoms with Crippen molar-refractivity contribution in [1.29, 1.82) is 0 Å². The molecule has 0 unspecified atom stereocenters. The highest BCUT2D eigenvalue weighted by atomic mass is 32.2. The summed E-state index contributed by atoms with van der Waals surface area (Å²) < 4.78 is 37.1. The van der Waals surface area contributed by atoms with Gasteiger partial charge in [-0.2, -0.15) is 0 Å². The maximum Gasteiger partial charge on any atom is 0.208 e. The number of rotatable bonds is 4. The van der Waals surface area contributed by atoms with Crippen LogP contribution in [0.15, 0.2) is 18.3 Å². The number of anilines is 1. The topological polar surface area (TPSA) is 82.5 Å². The number of pyridine rings is 1. The van der Waals surface area contributed by atoms with Gasteiger partial charge in [0.2, 0.25) is 10.0 Å². The Balaban J connectivity index is 2.00. The van der Waals surface area contributed by atoms with E-state index in [1.54, 1.807) is 4.90 Å². The van der Waals surface area contributed by atoms with Crippen LogP contribution < -0.4 is 9.62 Å². The predicted octanol–water partition coefficient (Wildman–Crippen LogP) is -0.289. The minimum absolute atomic E-state index is 0.0382. The third-order valence-electron chi connectivity index (χ3n) is 3.03. The van der Waals surface area contributed by atoms with Crippen LogP contribution in [-0.2, 0) is 10.0 Å². The van der Waals surface area contributed by atoms with Gasteiger partial charge in [0.1, 0.15) is 11.6 Å². The molecule has 1 saturated heterocycles. The first-order chi connectivity index (χ1) is 8.77. The summed E-state index contributed by atoms with van der Waals surface area (Å²) in [5.41, 5.74) is -1.13. The van der Waals surface area contributed by atoms with Crippen LogP contribution in [0, 0.1) is 5.82 Å². The van der Waals surface area contributed by atoms with Crippen LogP contribution in [-0.4, -0.2) is 50.0 Å². The van der Waals surface area contributed by atoms with E-state index in [-0.39, 0.29) is 13.1 Å². The first-order valence-corrected chi connectivity index (χ1v) is 7.70. The van der Waals surface area contributed by atoms with Crippen molar-refractivity contribution in [3.05, 3.63) is 24.1 Å². The highest BCUT2D eigenvalue weighted by molar-refractivity contribution is 7.88. The Kier molecular flexibility index (Phi) is 3.75. The second kappa shape index (κ2) is 5.03. The number of aromatic nitrogens is 1. The molecule has 0 aliphatic carbocycles. The summed E-state index contributed by atoms with van der Waals surface area (Å²) in [6.07, 6.45) is 2.58. The van der Waals surface area contributed by atoms with E-state index in [0.717, 1.165) is 12.5 Å². The minimum Gasteiger partial charge on any atom is -0.387 e. The highest BCUT2D eigenvalue weighted by Gasteiger charge is 2.37. The maximum atomic E-state index is 12.8. The lowest BCUT2D eigenvalue weighted by Crippen LogP contribution is -2.44. The van der Waals surface area contributed by atoms with Gasteiger partial charge in [-0.3, -0.25) is 0 Å². The molecule has 1 fully saturated rings. The molecule has 2 heterocycles. The lowest BCUT2D eigenvalue weighted by molar-refractivity contribution is 0.0686. The molecule has 6 nitrogen and oxygen atoms in total. The largest absolute Gasteiger partial charge is 0.387 e. The van der Waals surface area contributed by atoms with E-state index in [4.69, 9.17) is 0 Å². The standard InChI is InChI=1S/C11H16FN3O3S/c1-19(17,18)14-7-11(16)4-5-15(8-11)10-3-2-9(12)6-13-10/h2-3,6,14,16H,4-5,7-8H2,1H3/t11-/m0/s1. The van der Waals surface area contributed by atoms with Crippen LogP contribution in [0.2, 0.25) is 0 Å².